The lowest BCUT2D eigenvalue weighted by atomic mass is 9.87. The van der Waals surface area contributed by atoms with Gasteiger partial charge in [-0.2, -0.15) is 4.99 Å². The summed E-state index contributed by atoms with van der Waals surface area (Å²) in [6, 6.07) is 25.1. The number of isothiocyanates is 1. The molecule has 0 amide bonds. The van der Waals surface area contributed by atoms with Crippen molar-refractivity contribution in [2.45, 2.75) is 5.92 Å². The zero-order valence-corrected chi connectivity index (χ0v) is 16.2. The molecule has 1 unspecified atom stereocenters. The molecule has 142 valence electrons. The highest BCUT2D eigenvalue weighted by Crippen LogP contribution is 2.39. The number of hydrogen-bond donors (Lipinski definition) is 1. The van der Waals surface area contributed by atoms with Crippen LogP contribution in [0.1, 0.15) is 17.0 Å². The van der Waals surface area contributed by atoms with Crippen molar-refractivity contribution in [3.05, 3.63) is 100 Å². The van der Waals surface area contributed by atoms with E-state index in [1.165, 1.54) is 0 Å². The molecule has 1 atom stereocenters. The van der Waals surface area contributed by atoms with Crippen molar-refractivity contribution >= 4 is 34.0 Å². The number of nitrogens with zero attached hydrogens (tertiary/aromatic N) is 2. The topological polar surface area (TPSA) is 71.3 Å². The molecule has 0 fully saturated rings. The molecule has 4 aromatic rings. The average molecular weight is 399 g/mol. The first-order chi connectivity index (χ1) is 14.2. The highest BCUT2D eigenvalue weighted by Gasteiger charge is 2.27. The van der Waals surface area contributed by atoms with E-state index in [2.05, 4.69) is 15.1 Å². The minimum absolute atomic E-state index is 0.198. The maximum absolute atomic E-state index is 11.6. The summed E-state index contributed by atoms with van der Waals surface area (Å²) in [4.78, 5) is 18.8. The van der Waals surface area contributed by atoms with Gasteiger partial charge in [0, 0.05) is 21.4 Å². The Morgan fingerprint density at radius 2 is 1.79 bits per heavy atom. The number of aromatic amines is 1. The number of benzene rings is 3. The van der Waals surface area contributed by atoms with E-state index in [9.17, 15) is 10.1 Å². The van der Waals surface area contributed by atoms with Gasteiger partial charge in [-0.05, 0) is 41.5 Å². The minimum Gasteiger partial charge on any atom is -0.354 e. The molecule has 1 N–H and O–H groups in total. The van der Waals surface area contributed by atoms with Crippen LogP contribution in [0.25, 0.3) is 22.2 Å². The van der Waals surface area contributed by atoms with Crippen LogP contribution in [0.15, 0.2) is 83.9 Å². The fourth-order valence-electron chi connectivity index (χ4n) is 3.73. The molecule has 0 bridgehead atoms. The largest absolute Gasteiger partial charge is 0.354 e. The highest BCUT2D eigenvalue weighted by atomic mass is 32.1. The molecule has 0 aliphatic heterocycles. The van der Waals surface area contributed by atoms with Crippen LogP contribution in [0.4, 0.5) is 5.69 Å². The lowest BCUT2D eigenvalue weighted by Gasteiger charge is -2.16. The van der Waals surface area contributed by atoms with Crippen molar-refractivity contribution in [1.29, 1.82) is 0 Å². The standard InChI is InChI=1S/C23H17N3O2S/c27-26(28)14-20(16-7-2-1-3-8-16)22-19-11-4-5-12-21(19)25-23(22)17-9-6-10-18(13-17)24-15-29/h1-13,20,25H,14H2. The molecule has 29 heavy (non-hydrogen) atoms. The van der Waals surface area contributed by atoms with Crippen LogP contribution < -0.4 is 0 Å². The summed E-state index contributed by atoms with van der Waals surface area (Å²) >= 11 is 4.73. The zero-order chi connectivity index (χ0) is 20.2. The molecular weight excluding hydrogens is 382 g/mol. The van der Waals surface area contributed by atoms with E-state index in [1.54, 1.807) is 0 Å². The number of thiocarbonyl (C=S) groups is 1. The predicted molar refractivity (Wildman–Crippen MR) is 119 cm³/mol. The molecule has 0 aliphatic rings. The van der Waals surface area contributed by atoms with Gasteiger partial charge in [0.1, 0.15) is 0 Å². The van der Waals surface area contributed by atoms with E-state index in [4.69, 9.17) is 12.2 Å². The Bertz CT molecular complexity index is 1230. The lowest BCUT2D eigenvalue weighted by Crippen LogP contribution is -2.14. The number of para-hydroxylation sites is 1. The Morgan fingerprint density at radius 3 is 2.55 bits per heavy atom. The maximum atomic E-state index is 11.6. The Labute approximate surface area is 172 Å². The van der Waals surface area contributed by atoms with E-state index in [1.807, 2.05) is 78.9 Å². The third kappa shape index (κ3) is 3.85. The molecule has 0 aliphatic carbocycles. The summed E-state index contributed by atoms with van der Waals surface area (Å²) in [7, 11) is 0. The molecule has 1 heterocycles. The van der Waals surface area contributed by atoms with E-state index in [-0.39, 0.29) is 11.5 Å². The number of rotatable bonds is 6. The number of nitro groups is 1. The molecular formula is C23H17N3O2S. The average Bonchev–Trinajstić information content (AvgIpc) is 3.12. The fourth-order valence-corrected chi connectivity index (χ4v) is 3.84. The summed E-state index contributed by atoms with van der Waals surface area (Å²) in [5.41, 5.74) is 5.18. The van der Waals surface area contributed by atoms with Gasteiger partial charge in [-0.15, -0.1) is 0 Å². The van der Waals surface area contributed by atoms with Gasteiger partial charge >= 0.3 is 0 Å². The van der Waals surface area contributed by atoms with Gasteiger partial charge in [0.2, 0.25) is 6.54 Å². The number of aliphatic imine (C=N–C) groups is 1. The smallest absolute Gasteiger partial charge is 0.214 e. The quantitative estimate of drug-likeness (QED) is 0.188. The van der Waals surface area contributed by atoms with E-state index < -0.39 is 5.92 Å². The summed E-state index contributed by atoms with van der Waals surface area (Å²) in [5.74, 6) is -0.393. The van der Waals surface area contributed by atoms with Crippen molar-refractivity contribution in [3.63, 3.8) is 0 Å². The third-order valence-corrected chi connectivity index (χ3v) is 5.03. The number of aromatic nitrogens is 1. The van der Waals surface area contributed by atoms with E-state index in [0.717, 1.165) is 33.3 Å². The number of fused-ring (bicyclic) bond motifs is 1. The van der Waals surface area contributed by atoms with Crippen molar-refractivity contribution in [1.82, 2.24) is 4.98 Å². The van der Waals surface area contributed by atoms with Crippen molar-refractivity contribution in [2.24, 2.45) is 4.99 Å². The molecule has 0 spiro atoms. The molecule has 5 nitrogen and oxygen atoms in total. The second-order valence-electron chi connectivity index (χ2n) is 6.69. The molecule has 3 aromatic carbocycles. The molecule has 0 radical (unpaired) electrons. The Kier molecular flexibility index (Phi) is 5.29. The fraction of sp³-hybridized carbons (Fsp3) is 0.0870. The number of hydrogen-bond acceptors (Lipinski definition) is 4. The summed E-state index contributed by atoms with van der Waals surface area (Å²) in [6.45, 7) is -0.198. The second-order valence-corrected chi connectivity index (χ2v) is 6.87. The first-order valence-electron chi connectivity index (χ1n) is 9.13. The Balaban J connectivity index is 1.99. The summed E-state index contributed by atoms with van der Waals surface area (Å²) in [6.07, 6.45) is 0. The number of H-pyrrole nitrogens is 1. The van der Waals surface area contributed by atoms with E-state index in [0.29, 0.717) is 5.69 Å². The first-order valence-corrected chi connectivity index (χ1v) is 9.54. The van der Waals surface area contributed by atoms with Crippen LogP contribution in [-0.2, 0) is 0 Å². The van der Waals surface area contributed by atoms with Gasteiger partial charge in [-0.25, -0.2) is 0 Å². The van der Waals surface area contributed by atoms with Crippen LogP contribution >= 0.6 is 12.2 Å². The molecule has 0 saturated heterocycles. The van der Waals surface area contributed by atoms with Gasteiger partial charge in [-0.1, -0.05) is 60.7 Å². The SMILES string of the molecule is O=[N+]([O-])CC(c1ccccc1)c1c(-c2cccc(N=C=S)c2)[nH]c2ccccc12. The molecule has 4 rings (SSSR count). The maximum Gasteiger partial charge on any atom is 0.214 e. The van der Waals surface area contributed by atoms with Crippen LogP contribution in [0.3, 0.4) is 0 Å². The lowest BCUT2D eigenvalue weighted by molar-refractivity contribution is -0.481. The molecule has 0 saturated carbocycles. The first kappa shape index (κ1) is 18.7. The number of nitrogens with one attached hydrogen (secondary N) is 1. The van der Waals surface area contributed by atoms with Crippen molar-refractivity contribution in [2.75, 3.05) is 6.54 Å². The van der Waals surface area contributed by atoms with Gasteiger partial charge in [0.25, 0.3) is 0 Å². The van der Waals surface area contributed by atoms with Crippen LogP contribution in [0, 0.1) is 10.1 Å². The normalized spacial score (nSPS) is 11.7. The van der Waals surface area contributed by atoms with Gasteiger partial charge in [0.15, 0.2) is 0 Å². The predicted octanol–water partition coefficient (Wildman–Crippen LogP) is 5.98. The van der Waals surface area contributed by atoms with Crippen LogP contribution in [0.2, 0.25) is 0 Å². The minimum atomic E-state index is -0.393. The Morgan fingerprint density at radius 1 is 1.03 bits per heavy atom. The van der Waals surface area contributed by atoms with Crippen molar-refractivity contribution < 1.29 is 4.92 Å². The monoisotopic (exact) mass is 399 g/mol. The van der Waals surface area contributed by atoms with Gasteiger partial charge in [0.05, 0.1) is 22.5 Å². The molecule has 6 heteroatoms. The zero-order valence-electron chi connectivity index (χ0n) is 15.4. The van der Waals surface area contributed by atoms with E-state index >= 15 is 0 Å². The van der Waals surface area contributed by atoms with Crippen LogP contribution in [-0.4, -0.2) is 21.6 Å². The highest BCUT2D eigenvalue weighted by molar-refractivity contribution is 7.78. The third-order valence-electron chi connectivity index (χ3n) is 4.94. The van der Waals surface area contributed by atoms with Gasteiger partial charge in [-0.3, -0.25) is 10.1 Å². The second kappa shape index (κ2) is 8.19. The van der Waals surface area contributed by atoms with Crippen molar-refractivity contribution in [3.8, 4) is 11.3 Å². The summed E-state index contributed by atoms with van der Waals surface area (Å²) < 4.78 is 0. The van der Waals surface area contributed by atoms with Crippen LogP contribution in [0.5, 0.6) is 0 Å². The van der Waals surface area contributed by atoms with Gasteiger partial charge < -0.3 is 4.98 Å². The molecule has 1 aromatic heterocycles. The Hall–Kier alpha value is -3.60. The summed E-state index contributed by atoms with van der Waals surface area (Å²) in [5, 5.41) is 14.9.